The Bertz CT molecular complexity index is 790. The fraction of sp³-hybridized carbons (Fsp3) is 0.522. The van der Waals surface area contributed by atoms with Gasteiger partial charge in [0.25, 0.3) is 0 Å². The van der Waals surface area contributed by atoms with Crippen LogP contribution in [0.3, 0.4) is 0 Å². The second-order valence-electron chi connectivity index (χ2n) is 7.53. The second kappa shape index (κ2) is 12.2. The van der Waals surface area contributed by atoms with E-state index in [1.807, 2.05) is 6.08 Å². The number of para-hydroxylation sites is 1. The lowest BCUT2D eigenvalue weighted by Gasteiger charge is -2.32. The van der Waals surface area contributed by atoms with Gasteiger partial charge < -0.3 is 15.6 Å². The molecule has 3 rings (SSSR count). The molecule has 29 heavy (non-hydrogen) atoms. The number of halogens is 1. The van der Waals surface area contributed by atoms with Crippen molar-refractivity contribution in [2.75, 3.05) is 32.7 Å². The number of H-pyrrole nitrogens is 1. The van der Waals surface area contributed by atoms with E-state index in [4.69, 9.17) is 4.99 Å². The SMILES string of the molecule is C=CCN1CCC(NC(=NCCc2c[nH]c3c(CC)cccc23)NCC)CC1.I. The Labute approximate surface area is 192 Å². The van der Waals surface area contributed by atoms with Gasteiger partial charge in [-0.15, -0.1) is 30.6 Å². The van der Waals surface area contributed by atoms with E-state index in [0.29, 0.717) is 6.04 Å². The Morgan fingerprint density at radius 2 is 2.07 bits per heavy atom. The predicted molar refractivity (Wildman–Crippen MR) is 136 cm³/mol. The highest BCUT2D eigenvalue weighted by Crippen LogP contribution is 2.22. The first-order valence-corrected chi connectivity index (χ1v) is 10.7. The highest BCUT2D eigenvalue weighted by Gasteiger charge is 2.19. The van der Waals surface area contributed by atoms with Gasteiger partial charge in [-0.05, 0) is 43.7 Å². The second-order valence-corrected chi connectivity index (χ2v) is 7.53. The maximum absolute atomic E-state index is 4.84. The summed E-state index contributed by atoms with van der Waals surface area (Å²) in [7, 11) is 0. The van der Waals surface area contributed by atoms with Gasteiger partial charge in [0, 0.05) is 55.9 Å². The van der Waals surface area contributed by atoms with Crippen molar-refractivity contribution in [1.82, 2.24) is 20.5 Å². The highest BCUT2D eigenvalue weighted by atomic mass is 127. The molecular weight excluding hydrogens is 473 g/mol. The molecule has 0 radical (unpaired) electrons. The molecule has 0 atom stereocenters. The molecule has 5 nitrogen and oxygen atoms in total. The van der Waals surface area contributed by atoms with Gasteiger partial charge >= 0.3 is 0 Å². The summed E-state index contributed by atoms with van der Waals surface area (Å²) in [5, 5.41) is 8.37. The van der Waals surface area contributed by atoms with E-state index in [2.05, 4.69) is 65.3 Å². The molecule has 1 aromatic heterocycles. The van der Waals surface area contributed by atoms with Crippen molar-refractivity contribution >= 4 is 40.8 Å². The van der Waals surface area contributed by atoms with E-state index < -0.39 is 0 Å². The van der Waals surface area contributed by atoms with Crippen LogP contribution in [0.4, 0.5) is 0 Å². The van der Waals surface area contributed by atoms with E-state index in [-0.39, 0.29) is 24.0 Å². The van der Waals surface area contributed by atoms with Crippen LogP contribution in [-0.4, -0.2) is 54.6 Å². The van der Waals surface area contributed by atoms with Crippen LogP contribution >= 0.6 is 24.0 Å². The van der Waals surface area contributed by atoms with Crippen LogP contribution in [0, 0.1) is 0 Å². The van der Waals surface area contributed by atoms with Crippen molar-refractivity contribution in [3.63, 3.8) is 0 Å². The normalized spacial score (nSPS) is 15.9. The molecule has 160 valence electrons. The molecule has 1 saturated heterocycles. The van der Waals surface area contributed by atoms with E-state index in [9.17, 15) is 0 Å². The van der Waals surface area contributed by atoms with Crippen molar-refractivity contribution in [2.45, 2.75) is 45.6 Å². The Morgan fingerprint density at radius 1 is 1.28 bits per heavy atom. The molecule has 1 fully saturated rings. The van der Waals surface area contributed by atoms with Gasteiger partial charge in [0.2, 0.25) is 0 Å². The molecule has 0 saturated carbocycles. The third kappa shape index (κ3) is 6.47. The van der Waals surface area contributed by atoms with Crippen molar-refractivity contribution in [3.05, 3.63) is 48.2 Å². The maximum atomic E-state index is 4.84. The number of aryl methyl sites for hydroxylation is 1. The number of fused-ring (bicyclic) bond motifs is 1. The number of benzene rings is 1. The molecule has 0 aliphatic carbocycles. The number of piperidine rings is 1. The van der Waals surface area contributed by atoms with Gasteiger partial charge in [-0.25, -0.2) is 0 Å². The summed E-state index contributed by atoms with van der Waals surface area (Å²) in [5.41, 5.74) is 4.01. The molecule has 0 unspecified atom stereocenters. The molecule has 6 heteroatoms. The smallest absolute Gasteiger partial charge is 0.191 e. The Hall–Kier alpha value is -1.54. The van der Waals surface area contributed by atoms with Gasteiger partial charge in [0.15, 0.2) is 5.96 Å². The first kappa shape index (κ1) is 23.7. The van der Waals surface area contributed by atoms with Gasteiger partial charge in [-0.1, -0.05) is 31.2 Å². The molecule has 0 bridgehead atoms. The third-order valence-corrected chi connectivity index (χ3v) is 5.58. The minimum Gasteiger partial charge on any atom is -0.361 e. The van der Waals surface area contributed by atoms with Crippen LogP contribution in [0.1, 0.15) is 37.8 Å². The van der Waals surface area contributed by atoms with E-state index in [1.54, 1.807) is 0 Å². The van der Waals surface area contributed by atoms with Gasteiger partial charge in [-0.3, -0.25) is 9.89 Å². The molecule has 2 heterocycles. The average molecular weight is 509 g/mol. The van der Waals surface area contributed by atoms with Crippen LogP contribution in [0.15, 0.2) is 42.0 Å². The van der Waals surface area contributed by atoms with E-state index in [1.165, 1.54) is 22.0 Å². The number of hydrogen-bond donors (Lipinski definition) is 3. The Kier molecular flexibility index (Phi) is 10.0. The average Bonchev–Trinajstić information content (AvgIpc) is 3.13. The van der Waals surface area contributed by atoms with Crippen molar-refractivity contribution in [3.8, 4) is 0 Å². The first-order valence-electron chi connectivity index (χ1n) is 10.7. The monoisotopic (exact) mass is 509 g/mol. The summed E-state index contributed by atoms with van der Waals surface area (Å²) in [4.78, 5) is 10.8. The lowest BCUT2D eigenvalue weighted by atomic mass is 10.1. The topological polar surface area (TPSA) is 55.5 Å². The fourth-order valence-electron chi connectivity index (χ4n) is 4.02. The zero-order chi connectivity index (χ0) is 19.8. The van der Waals surface area contributed by atoms with Crippen LogP contribution in [0.2, 0.25) is 0 Å². The van der Waals surface area contributed by atoms with E-state index >= 15 is 0 Å². The highest BCUT2D eigenvalue weighted by molar-refractivity contribution is 14.0. The third-order valence-electron chi connectivity index (χ3n) is 5.58. The molecule has 1 aromatic carbocycles. The number of aromatic nitrogens is 1. The lowest BCUT2D eigenvalue weighted by Crippen LogP contribution is -2.48. The number of rotatable bonds is 8. The van der Waals surface area contributed by atoms with Crippen molar-refractivity contribution in [2.24, 2.45) is 4.99 Å². The molecule has 1 aliphatic heterocycles. The summed E-state index contributed by atoms with van der Waals surface area (Å²) in [6, 6.07) is 7.07. The van der Waals surface area contributed by atoms with Crippen LogP contribution in [-0.2, 0) is 12.8 Å². The van der Waals surface area contributed by atoms with Gasteiger partial charge in [0.1, 0.15) is 0 Å². The van der Waals surface area contributed by atoms with Crippen LogP contribution in [0.25, 0.3) is 10.9 Å². The largest absolute Gasteiger partial charge is 0.361 e. The number of nitrogens with zero attached hydrogens (tertiary/aromatic N) is 2. The molecule has 0 spiro atoms. The Morgan fingerprint density at radius 3 is 2.76 bits per heavy atom. The fourth-order valence-corrected chi connectivity index (χ4v) is 4.02. The molecule has 2 aromatic rings. The summed E-state index contributed by atoms with van der Waals surface area (Å²) in [6.07, 6.45) is 8.44. The zero-order valence-electron chi connectivity index (χ0n) is 17.8. The number of hydrogen-bond acceptors (Lipinski definition) is 2. The maximum Gasteiger partial charge on any atom is 0.191 e. The first-order chi connectivity index (χ1) is 13.7. The molecule has 1 aliphatic rings. The van der Waals surface area contributed by atoms with Gasteiger partial charge in [-0.2, -0.15) is 0 Å². The quantitative estimate of drug-likeness (QED) is 0.218. The predicted octanol–water partition coefficient (Wildman–Crippen LogP) is 4.10. The summed E-state index contributed by atoms with van der Waals surface area (Å²) in [6.45, 7) is 13.1. The van der Waals surface area contributed by atoms with Gasteiger partial charge in [0.05, 0.1) is 0 Å². The Balaban J connectivity index is 0.00000300. The minimum atomic E-state index is 0. The summed E-state index contributed by atoms with van der Waals surface area (Å²) < 4.78 is 0. The van der Waals surface area contributed by atoms with Crippen LogP contribution in [0.5, 0.6) is 0 Å². The standard InChI is InChI=1S/C23H35N5.HI/c1-4-14-28-15-11-20(12-16-28)27-23(24-6-3)25-13-10-19-17-26-22-18(5-2)8-7-9-21(19)22;/h4,7-9,17,20,26H,1,5-6,10-16H2,2-3H3,(H2,24,25,27);1H. The molecule has 0 amide bonds. The molecular formula is C23H36IN5. The lowest BCUT2D eigenvalue weighted by molar-refractivity contribution is 0.225. The number of aromatic amines is 1. The van der Waals surface area contributed by atoms with E-state index in [0.717, 1.165) is 64.4 Å². The number of guanidine groups is 1. The number of nitrogens with one attached hydrogen (secondary N) is 3. The summed E-state index contributed by atoms with van der Waals surface area (Å²) in [5.74, 6) is 0.943. The van der Waals surface area contributed by atoms with Crippen LogP contribution < -0.4 is 10.6 Å². The minimum absolute atomic E-state index is 0. The van der Waals surface area contributed by atoms with Crippen molar-refractivity contribution < 1.29 is 0 Å². The summed E-state index contributed by atoms with van der Waals surface area (Å²) >= 11 is 0. The van der Waals surface area contributed by atoms with Crippen molar-refractivity contribution in [1.29, 1.82) is 0 Å². The number of aliphatic imine (C=N–C) groups is 1. The molecule has 3 N–H and O–H groups in total. The number of likely N-dealkylation sites (tertiary alicyclic amines) is 1. The zero-order valence-corrected chi connectivity index (χ0v) is 20.2.